The van der Waals surface area contributed by atoms with Crippen LogP contribution in [0, 0.1) is 12.7 Å². The van der Waals surface area contributed by atoms with E-state index < -0.39 is 5.92 Å². The van der Waals surface area contributed by atoms with Crippen LogP contribution in [0.4, 0.5) is 24.8 Å². The van der Waals surface area contributed by atoms with Gasteiger partial charge in [-0.15, -0.1) is 0 Å². The molecule has 0 radical (unpaired) electrons. The molecule has 2 saturated heterocycles. The van der Waals surface area contributed by atoms with Crippen molar-refractivity contribution >= 4 is 11.6 Å². The van der Waals surface area contributed by atoms with Crippen LogP contribution in [0.2, 0.25) is 0 Å². The number of likely N-dealkylation sites (tertiary alicyclic amines) is 1. The Hall–Kier alpha value is -3.07. The van der Waals surface area contributed by atoms with Gasteiger partial charge in [-0.3, -0.25) is 4.90 Å². The molecule has 0 spiro atoms. The van der Waals surface area contributed by atoms with Crippen LogP contribution in [0.5, 0.6) is 0 Å². The Morgan fingerprint density at radius 2 is 1.81 bits per heavy atom. The molecule has 1 aromatic carbocycles. The molecule has 0 unspecified atom stereocenters. The number of rotatable bonds is 7. The average molecular weight is 499 g/mol. The van der Waals surface area contributed by atoms with Crippen molar-refractivity contribution in [3.63, 3.8) is 0 Å². The zero-order valence-corrected chi connectivity index (χ0v) is 20.9. The maximum Gasteiger partial charge on any atom is 0.272 e. The van der Waals surface area contributed by atoms with E-state index in [-0.39, 0.29) is 18.9 Å². The van der Waals surface area contributed by atoms with Crippen molar-refractivity contribution in [2.45, 2.75) is 51.5 Å². The molecule has 2 aromatic heterocycles. The highest BCUT2D eigenvalue weighted by Gasteiger charge is 2.43. The van der Waals surface area contributed by atoms with Crippen molar-refractivity contribution < 1.29 is 13.2 Å². The second-order valence-electron chi connectivity index (χ2n) is 10.1. The number of halogens is 3. The Morgan fingerprint density at radius 1 is 1.06 bits per heavy atom. The number of nitrogens with two attached hydrogens (primary N) is 1. The Balaban J connectivity index is 1.36. The first kappa shape index (κ1) is 24.6. The van der Waals surface area contributed by atoms with E-state index in [0.29, 0.717) is 30.4 Å². The highest BCUT2D eigenvalue weighted by atomic mass is 19.3. The van der Waals surface area contributed by atoms with E-state index in [9.17, 15) is 13.2 Å². The fraction of sp³-hybridized carbons (Fsp3) is 0.481. The van der Waals surface area contributed by atoms with Gasteiger partial charge in [-0.05, 0) is 61.1 Å². The summed E-state index contributed by atoms with van der Waals surface area (Å²) in [5, 5.41) is 0. The van der Waals surface area contributed by atoms with Crippen LogP contribution in [0.15, 0.2) is 36.8 Å². The van der Waals surface area contributed by atoms with Gasteiger partial charge in [0.25, 0.3) is 5.92 Å². The van der Waals surface area contributed by atoms with Gasteiger partial charge in [-0.2, -0.15) is 0 Å². The normalized spacial score (nSPS) is 18.4. The van der Waals surface area contributed by atoms with Gasteiger partial charge in [0.1, 0.15) is 23.8 Å². The molecule has 2 aliphatic rings. The van der Waals surface area contributed by atoms with Crippen LogP contribution >= 0.6 is 0 Å². The zero-order chi connectivity index (χ0) is 25.4. The summed E-state index contributed by atoms with van der Waals surface area (Å²) in [4.78, 5) is 12.7. The number of alkyl halides is 2. The lowest BCUT2D eigenvalue weighted by Gasteiger charge is -2.39. The summed E-state index contributed by atoms with van der Waals surface area (Å²) < 4.78 is 42.8. The minimum atomic E-state index is -2.56. The average Bonchev–Trinajstić information content (AvgIpc) is 3.27. The third-order valence-corrected chi connectivity index (χ3v) is 7.51. The van der Waals surface area contributed by atoms with E-state index in [0.717, 1.165) is 54.9 Å². The predicted octanol–water partition coefficient (Wildman–Crippen LogP) is 4.87. The molecule has 0 aliphatic carbocycles. The summed E-state index contributed by atoms with van der Waals surface area (Å²) in [5.74, 6) is -1.00. The van der Waals surface area contributed by atoms with Gasteiger partial charge in [-0.1, -0.05) is 13.0 Å². The summed E-state index contributed by atoms with van der Waals surface area (Å²) in [6.07, 6.45) is 6.28. The molecule has 36 heavy (non-hydrogen) atoms. The predicted molar refractivity (Wildman–Crippen MR) is 136 cm³/mol. The summed E-state index contributed by atoms with van der Waals surface area (Å²) in [6, 6.07) is 7.36. The van der Waals surface area contributed by atoms with Crippen LogP contribution in [0.25, 0.3) is 11.1 Å². The Labute approximate surface area is 209 Å². The maximum atomic E-state index is 13.9. The minimum Gasteiger partial charge on any atom is -0.383 e. The molecule has 3 aromatic rings. The number of nitrogens with zero attached hydrogens (tertiary/aromatic N) is 5. The van der Waals surface area contributed by atoms with Gasteiger partial charge in [0.2, 0.25) is 0 Å². The van der Waals surface area contributed by atoms with Crippen molar-refractivity contribution in [1.82, 2.24) is 19.4 Å². The van der Waals surface area contributed by atoms with Gasteiger partial charge in [0.15, 0.2) is 0 Å². The molecule has 2 N–H and O–H groups in total. The van der Waals surface area contributed by atoms with Crippen molar-refractivity contribution in [3.05, 3.63) is 59.4 Å². The first-order valence-electron chi connectivity index (χ1n) is 12.6. The SMILES string of the molecule is CCc1c(N)ncnc1N1CCC(c2cc(-c3ccc(F)c(C)c3)cn2CCN2CC(F)(F)C2)CC1. The fourth-order valence-corrected chi connectivity index (χ4v) is 5.48. The van der Waals surface area contributed by atoms with E-state index in [1.807, 2.05) is 6.07 Å². The lowest BCUT2D eigenvalue weighted by Crippen LogP contribution is -2.56. The quantitative estimate of drug-likeness (QED) is 0.504. The number of aryl methyl sites for hydroxylation is 1. The molecule has 6 nitrogen and oxygen atoms in total. The summed E-state index contributed by atoms with van der Waals surface area (Å²) in [5.41, 5.74) is 10.9. The Kier molecular flexibility index (Phi) is 6.68. The van der Waals surface area contributed by atoms with Gasteiger partial charge in [0.05, 0.1) is 13.1 Å². The van der Waals surface area contributed by atoms with Gasteiger partial charge >= 0.3 is 0 Å². The highest BCUT2D eigenvalue weighted by Crippen LogP contribution is 2.35. The van der Waals surface area contributed by atoms with E-state index >= 15 is 0 Å². The number of hydrogen-bond donors (Lipinski definition) is 1. The smallest absolute Gasteiger partial charge is 0.272 e. The highest BCUT2D eigenvalue weighted by molar-refractivity contribution is 5.65. The summed E-state index contributed by atoms with van der Waals surface area (Å²) >= 11 is 0. The molecule has 0 amide bonds. The summed E-state index contributed by atoms with van der Waals surface area (Å²) in [6.45, 7) is 6.41. The second-order valence-corrected chi connectivity index (χ2v) is 10.1. The van der Waals surface area contributed by atoms with Crippen molar-refractivity contribution in [2.24, 2.45) is 0 Å². The molecule has 0 atom stereocenters. The third-order valence-electron chi connectivity index (χ3n) is 7.51. The van der Waals surface area contributed by atoms with Crippen LogP contribution in [0.3, 0.4) is 0 Å². The van der Waals surface area contributed by atoms with Crippen LogP contribution in [-0.2, 0) is 13.0 Å². The molecular weight excluding hydrogens is 465 g/mol. The first-order chi connectivity index (χ1) is 17.2. The molecular formula is C27H33F3N6. The van der Waals surface area contributed by atoms with E-state index in [1.165, 1.54) is 18.1 Å². The zero-order valence-electron chi connectivity index (χ0n) is 20.9. The topological polar surface area (TPSA) is 63.2 Å². The largest absolute Gasteiger partial charge is 0.383 e. The molecule has 192 valence electrons. The number of benzene rings is 1. The Bertz CT molecular complexity index is 1220. The van der Waals surface area contributed by atoms with Crippen molar-refractivity contribution in [2.75, 3.05) is 43.4 Å². The molecule has 4 heterocycles. The number of anilines is 2. The molecule has 0 saturated carbocycles. The minimum absolute atomic E-state index is 0.173. The standard InChI is InChI=1S/C27H33F3N6/c1-3-22-25(31)32-17-33-26(22)35-8-6-19(7-9-35)24-13-21(20-4-5-23(28)18(2)12-20)14-36(24)11-10-34-15-27(29,30)16-34/h4-5,12-14,17,19H,3,6-11,15-16H2,1-2H3,(H2,31,32,33). The lowest BCUT2D eigenvalue weighted by atomic mass is 9.92. The third kappa shape index (κ3) is 4.93. The van der Waals surface area contributed by atoms with E-state index in [4.69, 9.17) is 5.73 Å². The van der Waals surface area contributed by atoms with E-state index in [1.54, 1.807) is 17.9 Å². The maximum absolute atomic E-state index is 13.9. The molecule has 2 aliphatic heterocycles. The molecule has 9 heteroatoms. The monoisotopic (exact) mass is 498 g/mol. The van der Waals surface area contributed by atoms with Gasteiger partial charge in [-0.25, -0.2) is 23.1 Å². The number of nitrogen functional groups attached to an aromatic ring is 1. The number of piperidine rings is 1. The van der Waals surface area contributed by atoms with Gasteiger partial charge < -0.3 is 15.2 Å². The molecule has 0 bridgehead atoms. The van der Waals surface area contributed by atoms with Crippen molar-refractivity contribution in [1.29, 1.82) is 0 Å². The van der Waals surface area contributed by atoms with Crippen molar-refractivity contribution in [3.8, 4) is 11.1 Å². The number of hydrogen-bond acceptors (Lipinski definition) is 5. The Morgan fingerprint density at radius 3 is 2.47 bits per heavy atom. The van der Waals surface area contributed by atoms with Crippen LogP contribution in [-0.4, -0.2) is 58.1 Å². The first-order valence-corrected chi connectivity index (χ1v) is 12.6. The van der Waals surface area contributed by atoms with E-state index in [2.05, 4.69) is 38.6 Å². The summed E-state index contributed by atoms with van der Waals surface area (Å²) in [7, 11) is 0. The fourth-order valence-electron chi connectivity index (χ4n) is 5.48. The second kappa shape index (κ2) is 9.76. The molecule has 5 rings (SSSR count). The van der Waals surface area contributed by atoms with Crippen LogP contribution in [0.1, 0.15) is 42.5 Å². The van der Waals surface area contributed by atoms with Crippen LogP contribution < -0.4 is 10.6 Å². The molecule has 2 fully saturated rings. The number of aromatic nitrogens is 3. The van der Waals surface area contributed by atoms with Gasteiger partial charge in [0, 0.05) is 49.6 Å². The lowest BCUT2D eigenvalue weighted by molar-refractivity contribution is -0.131.